The van der Waals surface area contributed by atoms with Crippen molar-refractivity contribution in [2.45, 2.75) is 40.3 Å². The number of thiophene rings is 1. The number of amides is 1. The molecule has 0 spiro atoms. The van der Waals surface area contributed by atoms with Crippen molar-refractivity contribution in [2.75, 3.05) is 19.6 Å². The van der Waals surface area contributed by atoms with E-state index < -0.39 is 0 Å². The molecule has 1 amide bonds. The van der Waals surface area contributed by atoms with Gasteiger partial charge in [-0.25, -0.2) is 9.67 Å². The molecule has 3 aromatic heterocycles. The SMILES string of the molecule is CCN(CC)C(C)CNC(=O)c1cc(C)nc2c1cnn2Cc1cccs1. The molecule has 0 aromatic carbocycles. The zero-order valence-electron chi connectivity index (χ0n) is 16.4. The Kier molecular flexibility index (Phi) is 6.23. The van der Waals surface area contributed by atoms with Gasteiger partial charge in [-0.1, -0.05) is 19.9 Å². The van der Waals surface area contributed by atoms with Gasteiger partial charge in [-0.2, -0.15) is 5.10 Å². The first-order chi connectivity index (χ1) is 13.0. The molecule has 0 aliphatic carbocycles. The van der Waals surface area contributed by atoms with Gasteiger partial charge in [0.15, 0.2) is 5.65 Å². The second kappa shape index (κ2) is 8.63. The minimum absolute atomic E-state index is 0.0693. The number of pyridine rings is 1. The summed E-state index contributed by atoms with van der Waals surface area (Å²) in [4.78, 5) is 21.0. The number of rotatable bonds is 8. The maximum atomic E-state index is 12.8. The molecule has 144 valence electrons. The van der Waals surface area contributed by atoms with Gasteiger partial charge in [0.1, 0.15) is 0 Å². The van der Waals surface area contributed by atoms with E-state index in [1.807, 2.05) is 23.7 Å². The number of carbonyl (C=O) groups is 1. The zero-order valence-corrected chi connectivity index (χ0v) is 17.2. The minimum Gasteiger partial charge on any atom is -0.350 e. The van der Waals surface area contributed by atoms with Crippen molar-refractivity contribution < 1.29 is 4.79 Å². The van der Waals surface area contributed by atoms with Crippen LogP contribution in [0.1, 0.15) is 41.7 Å². The molecule has 3 rings (SSSR count). The molecule has 0 aliphatic heterocycles. The predicted molar refractivity (Wildman–Crippen MR) is 110 cm³/mol. The smallest absolute Gasteiger partial charge is 0.252 e. The number of fused-ring (bicyclic) bond motifs is 1. The summed E-state index contributed by atoms with van der Waals surface area (Å²) in [6, 6.07) is 6.25. The Morgan fingerprint density at radius 2 is 2.15 bits per heavy atom. The lowest BCUT2D eigenvalue weighted by atomic mass is 10.1. The summed E-state index contributed by atoms with van der Waals surface area (Å²) < 4.78 is 1.86. The van der Waals surface area contributed by atoms with Gasteiger partial charge in [-0.05, 0) is 44.4 Å². The molecule has 0 bridgehead atoms. The highest BCUT2D eigenvalue weighted by atomic mass is 32.1. The number of likely N-dealkylation sites (N-methyl/N-ethyl adjacent to an activating group) is 1. The second-order valence-corrected chi connectivity index (χ2v) is 7.74. The molecule has 0 aliphatic rings. The van der Waals surface area contributed by atoms with Gasteiger partial charge < -0.3 is 5.32 Å². The third-order valence-corrected chi connectivity index (χ3v) is 5.72. The average molecular weight is 386 g/mol. The Hall–Kier alpha value is -2.25. The van der Waals surface area contributed by atoms with E-state index in [0.717, 1.165) is 29.8 Å². The first kappa shape index (κ1) is 19.5. The zero-order chi connectivity index (χ0) is 19.4. The van der Waals surface area contributed by atoms with Crippen LogP contribution < -0.4 is 5.32 Å². The fraction of sp³-hybridized carbons (Fsp3) is 0.450. The molecule has 3 aromatic rings. The van der Waals surface area contributed by atoms with Gasteiger partial charge in [-0.3, -0.25) is 9.69 Å². The number of nitrogens with zero attached hydrogens (tertiary/aromatic N) is 4. The van der Waals surface area contributed by atoms with Crippen molar-refractivity contribution in [3.63, 3.8) is 0 Å². The van der Waals surface area contributed by atoms with Crippen molar-refractivity contribution in [1.29, 1.82) is 0 Å². The van der Waals surface area contributed by atoms with E-state index >= 15 is 0 Å². The highest BCUT2D eigenvalue weighted by Crippen LogP contribution is 2.20. The first-order valence-corrected chi connectivity index (χ1v) is 10.3. The number of nitrogens with one attached hydrogen (secondary N) is 1. The number of aryl methyl sites for hydroxylation is 1. The van der Waals surface area contributed by atoms with Crippen LogP contribution in [0.2, 0.25) is 0 Å². The average Bonchev–Trinajstić information content (AvgIpc) is 3.31. The van der Waals surface area contributed by atoms with E-state index in [-0.39, 0.29) is 5.91 Å². The van der Waals surface area contributed by atoms with E-state index in [1.165, 1.54) is 4.88 Å². The predicted octanol–water partition coefficient (Wildman–Crippen LogP) is 3.31. The summed E-state index contributed by atoms with van der Waals surface area (Å²) in [6.45, 7) is 11.6. The number of hydrogen-bond donors (Lipinski definition) is 1. The third kappa shape index (κ3) is 4.36. The molecule has 0 saturated heterocycles. The van der Waals surface area contributed by atoms with Crippen LogP contribution in [0.5, 0.6) is 0 Å². The molecule has 1 N–H and O–H groups in total. The fourth-order valence-electron chi connectivity index (χ4n) is 3.34. The Bertz CT molecular complexity index is 899. The highest BCUT2D eigenvalue weighted by molar-refractivity contribution is 7.09. The van der Waals surface area contributed by atoms with Crippen molar-refractivity contribution in [3.05, 3.63) is 45.9 Å². The molecule has 0 fully saturated rings. The molecule has 27 heavy (non-hydrogen) atoms. The summed E-state index contributed by atoms with van der Waals surface area (Å²) in [5.41, 5.74) is 2.21. The van der Waals surface area contributed by atoms with E-state index in [1.54, 1.807) is 17.5 Å². The van der Waals surface area contributed by atoms with E-state index in [0.29, 0.717) is 24.7 Å². The van der Waals surface area contributed by atoms with Gasteiger partial charge >= 0.3 is 0 Å². The van der Waals surface area contributed by atoms with Crippen LogP contribution in [0.25, 0.3) is 11.0 Å². The lowest BCUT2D eigenvalue weighted by Gasteiger charge is -2.26. The Morgan fingerprint density at radius 3 is 2.81 bits per heavy atom. The quantitative estimate of drug-likeness (QED) is 0.646. The summed E-state index contributed by atoms with van der Waals surface area (Å²) in [7, 11) is 0. The Balaban J connectivity index is 1.81. The van der Waals surface area contributed by atoms with Crippen LogP contribution >= 0.6 is 11.3 Å². The lowest BCUT2D eigenvalue weighted by Crippen LogP contribution is -2.42. The largest absolute Gasteiger partial charge is 0.350 e. The monoisotopic (exact) mass is 385 g/mol. The molecule has 0 saturated carbocycles. The van der Waals surface area contributed by atoms with Crippen molar-refractivity contribution in [3.8, 4) is 0 Å². The van der Waals surface area contributed by atoms with Crippen LogP contribution in [0.3, 0.4) is 0 Å². The standard InChI is InChI=1S/C20H27N5OS/c1-5-24(6-2)15(4)11-21-20(26)17-10-14(3)23-19-18(17)12-22-25(19)13-16-8-7-9-27-16/h7-10,12,15H,5-6,11,13H2,1-4H3,(H,21,26). The highest BCUT2D eigenvalue weighted by Gasteiger charge is 2.17. The number of carbonyl (C=O) groups excluding carboxylic acids is 1. The maximum Gasteiger partial charge on any atom is 0.252 e. The molecule has 1 unspecified atom stereocenters. The molecular weight excluding hydrogens is 358 g/mol. The summed E-state index contributed by atoms with van der Waals surface area (Å²) in [5.74, 6) is -0.0693. The van der Waals surface area contributed by atoms with Crippen LogP contribution in [0.4, 0.5) is 0 Å². The Morgan fingerprint density at radius 1 is 1.37 bits per heavy atom. The molecular formula is C20H27N5OS. The molecule has 1 atom stereocenters. The molecule has 3 heterocycles. The van der Waals surface area contributed by atoms with Gasteiger partial charge in [0.25, 0.3) is 5.91 Å². The lowest BCUT2D eigenvalue weighted by molar-refractivity contribution is 0.0939. The van der Waals surface area contributed by atoms with E-state index in [2.05, 4.69) is 52.5 Å². The molecule has 0 radical (unpaired) electrons. The van der Waals surface area contributed by atoms with Crippen LogP contribution in [0.15, 0.2) is 29.8 Å². The topological polar surface area (TPSA) is 63.1 Å². The molecule has 7 heteroatoms. The summed E-state index contributed by atoms with van der Waals surface area (Å²) in [5, 5.41) is 10.4. The maximum absolute atomic E-state index is 12.8. The van der Waals surface area contributed by atoms with Crippen LogP contribution in [-0.4, -0.2) is 51.2 Å². The summed E-state index contributed by atoms with van der Waals surface area (Å²) >= 11 is 1.69. The second-order valence-electron chi connectivity index (χ2n) is 6.71. The number of hydrogen-bond acceptors (Lipinski definition) is 5. The summed E-state index contributed by atoms with van der Waals surface area (Å²) in [6.07, 6.45) is 1.75. The normalized spacial score (nSPS) is 12.6. The van der Waals surface area contributed by atoms with E-state index in [4.69, 9.17) is 0 Å². The van der Waals surface area contributed by atoms with Crippen LogP contribution in [0, 0.1) is 6.92 Å². The van der Waals surface area contributed by atoms with Crippen molar-refractivity contribution in [1.82, 2.24) is 25.0 Å². The van der Waals surface area contributed by atoms with Crippen molar-refractivity contribution in [2.24, 2.45) is 0 Å². The van der Waals surface area contributed by atoms with Gasteiger partial charge in [0, 0.05) is 23.2 Å². The van der Waals surface area contributed by atoms with Crippen LogP contribution in [-0.2, 0) is 6.54 Å². The van der Waals surface area contributed by atoms with E-state index in [9.17, 15) is 4.79 Å². The fourth-order valence-corrected chi connectivity index (χ4v) is 4.02. The third-order valence-electron chi connectivity index (χ3n) is 4.86. The van der Waals surface area contributed by atoms with Gasteiger partial charge in [0.2, 0.25) is 0 Å². The van der Waals surface area contributed by atoms with Crippen molar-refractivity contribution >= 4 is 28.3 Å². The van der Waals surface area contributed by atoms with Gasteiger partial charge in [-0.15, -0.1) is 11.3 Å². The first-order valence-electron chi connectivity index (χ1n) is 9.41. The number of aromatic nitrogens is 3. The molecule has 6 nitrogen and oxygen atoms in total. The minimum atomic E-state index is -0.0693. The Labute approximate surface area is 164 Å². The van der Waals surface area contributed by atoms with Gasteiger partial charge in [0.05, 0.1) is 23.7 Å².